The molecular formula is C11H21N. The van der Waals surface area contributed by atoms with Crippen LogP contribution in [0.5, 0.6) is 0 Å². The minimum Gasteiger partial charge on any atom is -0.308 e. The fourth-order valence-corrected chi connectivity index (χ4v) is 2.04. The molecule has 1 aliphatic carbocycles. The molecule has 0 amide bonds. The first-order valence-corrected chi connectivity index (χ1v) is 5.14. The first kappa shape index (κ1) is 9.79. The highest BCUT2D eigenvalue weighted by Gasteiger charge is 2.23. The van der Waals surface area contributed by atoms with E-state index in [4.69, 9.17) is 0 Å². The Kier molecular flexibility index (Phi) is 3.80. The van der Waals surface area contributed by atoms with Crippen LogP contribution >= 0.6 is 0 Å². The zero-order valence-electron chi connectivity index (χ0n) is 8.34. The molecule has 0 saturated heterocycles. The van der Waals surface area contributed by atoms with Crippen LogP contribution in [0.2, 0.25) is 0 Å². The summed E-state index contributed by atoms with van der Waals surface area (Å²) in [5, 5.41) is 3.57. The Morgan fingerprint density at radius 3 is 2.83 bits per heavy atom. The first-order valence-electron chi connectivity index (χ1n) is 5.14. The van der Waals surface area contributed by atoms with Crippen molar-refractivity contribution in [3.63, 3.8) is 0 Å². The van der Waals surface area contributed by atoms with Crippen molar-refractivity contribution in [1.29, 1.82) is 0 Å². The third kappa shape index (κ3) is 2.63. The molecule has 0 aliphatic heterocycles. The van der Waals surface area contributed by atoms with Gasteiger partial charge in [0, 0.05) is 12.1 Å². The quantitative estimate of drug-likeness (QED) is 0.635. The number of hydrogen-bond donors (Lipinski definition) is 1. The van der Waals surface area contributed by atoms with E-state index >= 15 is 0 Å². The van der Waals surface area contributed by atoms with E-state index in [1.54, 1.807) is 0 Å². The predicted octanol–water partition coefficient (Wildman–Crippen LogP) is 2.73. The molecule has 3 unspecified atom stereocenters. The van der Waals surface area contributed by atoms with Gasteiger partial charge in [-0.1, -0.05) is 19.4 Å². The van der Waals surface area contributed by atoms with Crippen LogP contribution in [0.4, 0.5) is 0 Å². The molecule has 0 radical (unpaired) electrons. The van der Waals surface area contributed by atoms with Crippen molar-refractivity contribution in [2.75, 3.05) is 0 Å². The highest BCUT2D eigenvalue weighted by Crippen LogP contribution is 2.27. The second-order valence-electron chi connectivity index (χ2n) is 3.98. The summed E-state index contributed by atoms with van der Waals surface area (Å²) in [7, 11) is 0. The van der Waals surface area contributed by atoms with E-state index in [-0.39, 0.29) is 0 Å². The lowest BCUT2D eigenvalue weighted by Crippen LogP contribution is -2.33. The van der Waals surface area contributed by atoms with Crippen LogP contribution < -0.4 is 5.32 Å². The fraction of sp³-hybridized carbons (Fsp3) is 0.818. The molecular weight excluding hydrogens is 146 g/mol. The van der Waals surface area contributed by atoms with Crippen LogP contribution in [-0.4, -0.2) is 12.1 Å². The number of nitrogens with one attached hydrogen (secondary N) is 1. The summed E-state index contributed by atoms with van der Waals surface area (Å²) in [6.07, 6.45) is 7.48. The fourth-order valence-electron chi connectivity index (χ4n) is 2.04. The van der Waals surface area contributed by atoms with Gasteiger partial charge in [-0.05, 0) is 32.1 Å². The largest absolute Gasteiger partial charge is 0.308 e. The minimum atomic E-state index is 0.477. The lowest BCUT2D eigenvalue weighted by molar-refractivity contribution is 0.461. The highest BCUT2D eigenvalue weighted by molar-refractivity contribution is 4.88. The summed E-state index contributed by atoms with van der Waals surface area (Å²) in [4.78, 5) is 0. The van der Waals surface area contributed by atoms with Gasteiger partial charge in [-0.2, -0.15) is 0 Å². The Bertz CT molecular complexity index is 142. The van der Waals surface area contributed by atoms with Gasteiger partial charge < -0.3 is 5.32 Å². The lowest BCUT2D eigenvalue weighted by atomic mass is 10.1. The van der Waals surface area contributed by atoms with Crippen LogP contribution in [0.25, 0.3) is 0 Å². The summed E-state index contributed by atoms with van der Waals surface area (Å²) in [6, 6.07) is 1.23. The Morgan fingerprint density at radius 2 is 2.33 bits per heavy atom. The molecule has 1 rings (SSSR count). The van der Waals surface area contributed by atoms with Gasteiger partial charge in [0.05, 0.1) is 0 Å². The van der Waals surface area contributed by atoms with Gasteiger partial charge >= 0.3 is 0 Å². The normalized spacial score (nSPS) is 31.8. The number of rotatable bonds is 4. The van der Waals surface area contributed by atoms with Gasteiger partial charge in [-0.25, -0.2) is 0 Å². The van der Waals surface area contributed by atoms with E-state index in [2.05, 4.69) is 25.7 Å². The second kappa shape index (κ2) is 4.66. The van der Waals surface area contributed by atoms with Crippen LogP contribution in [0.3, 0.4) is 0 Å². The summed E-state index contributed by atoms with van der Waals surface area (Å²) < 4.78 is 0. The van der Waals surface area contributed by atoms with E-state index in [9.17, 15) is 0 Å². The SMILES string of the molecule is C=CC(C)NC1CCC(CC)C1. The molecule has 1 aliphatic rings. The van der Waals surface area contributed by atoms with Crippen molar-refractivity contribution < 1.29 is 0 Å². The molecule has 0 aromatic heterocycles. The molecule has 0 bridgehead atoms. The maximum atomic E-state index is 3.78. The maximum absolute atomic E-state index is 3.78. The first-order chi connectivity index (χ1) is 5.76. The molecule has 1 nitrogen and oxygen atoms in total. The summed E-state index contributed by atoms with van der Waals surface area (Å²) >= 11 is 0. The van der Waals surface area contributed by atoms with Crippen LogP contribution in [0, 0.1) is 5.92 Å². The highest BCUT2D eigenvalue weighted by atomic mass is 14.9. The van der Waals surface area contributed by atoms with Crippen LogP contribution in [-0.2, 0) is 0 Å². The Morgan fingerprint density at radius 1 is 1.58 bits per heavy atom. The molecule has 0 aromatic rings. The van der Waals surface area contributed by atoms with Gasteiger partial charge in [0.25, 0.3) is 0 Å². The second-order valence-corrected chi connectivity index (χ2v) is 3.98. The van der Waals surface area contributed by atoms with Crippen LogP contribution in [0.1, 0.15) is 39.5 Å². The average molecular weight is 167 g/mol. The van der Waals surface area contributed by atoms with E-state index in [0.29, 0.717) is 6.04 Å². The molecule has 0 aromatic carbocycles. The molecule has 0 heterocycles. The zero-order valence-corrected chi connectivity index (χ0v) is 8.34. The van der Waals surface area contributed by atoms with E-state index in [1.807, 2.05) is 6.08 Å². The minimum absolute atomic E-state index is 0.477. The third-order valence-electron chi connectivity index (χ3n) is 2.97. The van der Waals surface area contributed by atoms with Gasteiger partial charge in [-0.3, -0.25) is 0 Å². The molecule has 70 valence electrons. The van der Waals surface area contributed by atoms with Crippen molar-refractivity contribution in [2.45, 2.75) is 51.6 Å². The molecule has 12 heavy (non-hydrogen) atoms. The van der Waals surface area contributed by atoms with Crippen molar-refractivity contribution in [3.8, 4) is 0 Å². The Labute approximate surface area is 76.2 Å². The standard InChI is InChI=1S/C11H21N/c1-4-9(3)12-11-7-6-10(5-2)8-11/h4,9-12H,1,5-8H2,2-3H3. The molecule has 1 N–H and O–H groups in total. The van der Waals surface area contributed by atoms with Crippen molar-refractivity contribution in [3.05, 3.63) is 12.7 Å². The van der Waals surface area contributed by atoms with Gasteiger partial charge in [0.2, 0.25) is 0 Å². The summed E-state index contributed by atoms with van der Waals surface area (Å²) in [6.45, 7) is 8.25. The summed E-state index contributed by atoms with van der Waals surface area (Å²) in [5.74, 6) is 0.972. The van der Waals surface area contributed by atoms with Gasteiger partial charge in [0.1, 0.15) is 0 Å². The lowest BCUT2D eigenvalue weighted by Gasteiger charge is -2.16. The Hall–Kier alpha value is -0.300. The summed E-state index contributed by atoms with van der Waals surface area (Å²) in [5.41, 5.74) is 0. The number of hydrogen-bond acceptors (Lipinski definition) is 1. The van der Waals surface area contributed by atoms with E-state index in [1.165, 1.54) is 25.7 Å². The maximum Gasteiger partial charge on any atom is 0.0221 e. The molecule has 0 spiro atoms. The molecule has 3 atom stereocenters. The molecule has 1 fully saturated rings. The zero-order chi connectivity index (χ0) is 8.97. The van der Waals surface area contributed by atoms with Crippen LogP contribution in [0.15, 0.2) is 12.7 Å². The van der Waals surface area contributed by atoms with E-state index < -0.39 is 0 Å². The average Bonchev–Trinajstić information content (AvgIpc) is 2.52. The molecule has 1 saturated carbocycles. The Balaban J connectivity index is 2.23. The van der Waals surface area contributed by atoms with Gasteiger partial charge in [0.15, 0.2) is 0 Å². The predicted molar refractivity (Wildman–Crippen MR) is 54.2 cm³/mol. The van der Waals surface area contributed by atoms with Crippen molar-refractivity contribution in [1.82, 2.24) is 5.32 Å². The van der Waals surface area contributed by atoms with Crippen molar-refractivity contribution >= 4 is 0 Å². The van der Waals surface area contributed by atoms with Gasteiger partial charge in [-0.15, -0.1) is 6.58 Å². The molecule has 1 heteroatoms. The smallest absolute Gasteiger partial charge is 0.0221 e. The monoisotopic (exact) mass is 167 g/mol. The van der Waals surface area contributed by atoms with E-state index in [0.717, 1.165) is 12.0 Å². The third-order valence-corrected chi connectivity index (χ3v) is 2.97. The topological polar surface area (TPSA) is 12.0 Å². The van der Waals surface area contributed by atoms with Crippen molar-refractivity contribution in [2.24, 2.45) is 5.92 Å².